The Morgan fingerprint density at radius 1 is 1.25 bits per heavy atom. The van der Waals surface area contributed by atoms with Crippen molar-refractivity contribution in [2.24, 2.45) is 0 Å². The summed E-state index contributed by atoms with van der Waals surface area (Å²) < 4.78 is 18.3. The van der Waals surface area contributed by atoms with Gasteiger partial charge in [0.2, 0.25) is 0 Å². The third kappa shape index (κ3) is 3.21. The van der Waals surface area contributed by atoms with Crippen molar-refractivity contribution >= 4 is 39.0 Å². The molecule has 2 aromatic heterocycles. The van der Waals surface area contributed by atoms with Gasteiger partial charge >= 0.3 is 5.97 Å². The molecule has 5 nitrogen and oxygen atoms in total. The highest BCUT2D eigenvalue weighted by Crippen LogP contribution is 2.34. The maximum Gasteiger partial charge on any atom is 0.348 e. The third-order valence-electron chi connectivity index (χ3n) is 3.36. The molecule has 124 valence electrons. The van der Waals surface area contributed by atoms with Crippen LogP contribution in [0.1, 0.15) is 29.1 Å². The predicted molar refractivity (Wildman–Crippen MR) is 92.4 cm³/mol. The zero-order valence-corrected chi connectivity index (χ0v) is 14.3. The van der Waals surface area contributed by atoms with Gasteiger partial charge in [0.15, 0.2) is 0 Å². The highest BCUT2D eigenvalue weighted by atomic mass is 32.1. The first-order valence-electron chi connectivity index (χ1n) is 7.43. The van der Waals surface area contributed by atoms with E-state index in [2.05, 4.69) is 15.3 Å². The van der Waals surface area contributed by atoms with Crippen LogP contribution in [0.2, 0.25) is 0 Å². The van der Waals surface area contributed by atoms with Gasteiger partial charge in [-0.2, -0.15) is 0 Å². The first kappa shape index (κ1) is 16.3. The number of anilines is 2. The number of aromatic nitrogens is 2. The smallest absolute Gasteiger partial charge is 0.348 e. The van der Waals surface area contributed by atoms with Crippen LogP contribution in [0.5, 0.6) is 0 Å². The lowest BCUT2D eigenvalue weighted by molar-refractivity contribution is 0.0383. The summed E-state index contributed by atoms with van der Waals surface area (Å²) in [6.45, 7) is 5.46. The number of benzene rings is 1. The quantitative estimate of drug-likeness (QED) is 0.708. The zero-order chi connectivity index (χ0) is 17.3. The summed E-state index contributed by atoms with van der Waals surface area (Å²) in [5.74, 6) is -0.0963. The molecule has 0 aliphatic heterocycles. The number of nitrogens with one attached hydrogen (secondary N) is 1. The average Bonchev–Trinajstić information content (AvgIpc) is 2.87. The summed E-state index contributed by atoms with van der Waals surface area (Å²) in [5, 5.41) is 3.91. The third-order valence-corrected chi connectivity index (χ3v) is 4.54. The Hall–Kier alpha value is -2.54. The van der Waals surface area contributed by atoms with Crippen molar-refractivity contribution in [2.45, 2.75) is 26.9 Å². The normalized spacial score (nSPS) is 11.0. The van der Waals surface area contributed by atoms with Crippen LogP contribution in [0.3, 0.4) is 0 Å². The molecule has 2 heterocycles. The van der Waals surface area contributed by atoms with Gasteiger partial charge in [-0.15, -0.1) is 11.3 Å². The highest BCUT2D eigenvalue weighted by Gasteiger charge is 2.21. The van der Waals surface area contributed by atoms with Crippen LogP contribution in [-0.4, -0.2) is 22.0 Å². The molecule has 0 fully saturated rings. The summed E-state index contributed by atoms with van der Waals surface area (Å²) in [4.78, 5) is 21.9. The minimum absolute atomic E-state index is 0.190. The van der Waals surface area contributed by atoms with Gasteiger partial charge in [-0.05, 0) is 50.6 Å². The van der Waals surface area contributed by atoms with E-state index in [9.17, 15) is 9.18 Å². The Kier molecular flexibility index (Phi) is 4.44. The van der Waals surface area contributed by atoms with E-state index in [4.69, 9.17) is 4.74 Å². The Labute approximate surface area is 142 Å². The number of fused-ring (bicyclic) bond motifs is 1. The number of thiophene rings is 1. The number of halogens is 1. The van der Waals surface area contributed by atoms with E-state index in [1.165, 1.54) is 29.8 Å². The van der Waals surface area contributed by atoms with E-state index in [1.54, 1.807) is 12.1 Å². The van der Waals surface area contributed by atoms with Gasteiger partial charge in [0.25, 0.3) is 0 Å². The van der Waals surface area contributed by atoms with E-state index >= 15 is 0 Å². The number of ether oxygens (including phenoxy) is 1. The summed E-state index contributed by atoms with van der Waals surface area (Å²) >= 11 is 1.28. The molecule has 24 heavy (non-hydrogen) atoms. The molecule has 0 saturated carbocycles. The van der Waals surface area contributed by atoms with Crippen molar-refractivity contribution in [1.82, 2.24) is 9.97 Å². The number of nitrogens with zero attached hydrogens (tertiary/aromatic N) is 2. The molecule has 0 saturated heterocycles. The summed E-state index contributed by atoms with van der Waals surface area (Å²) in [6.07, 6.45) is 1.24. The van der Waals surface area contributed by atoms with Crippen molar-refractivity contribution in [2.75, 3.05) is 5.32 Å². The van der Waals surface area contributed by atoms with Crippen molar-refractivity contribution in [3.8, 4) is 0 Å². The van der Waals surface area contributed by atoms with Gasteiger partial charge < -0.3 is 10.1 Å². The summed E-state index contributed by atoms with van der Waals surface area (Å²) in [5.41, 5.74) is 1.47. The van der Waals surface area contributed by atoms with E-state index in [1.807, 2.05) is 20.8 Å². The maximum absolute atomic E-state index is 13.0. The van der Waals surface area contributed by atoms with Gasteiger partial charge in [-0.3, -0.25) is 0 Å². The molecule has 1 N–H and O–H groups in total. The van der Waals surface area contributed by atoms with Crippen molar-refractivity contribution in [1.29, 1.82) is 0 Å². The van der Waals surface area contributed by atoms with E-state index in [0.29, 0.717) is 21.2 Å². The van der Waals surface area contributed by atoms with Gasteiger partial charge in [0, 0.05) is 5.69 Å². The number of rotatable bonds is 4. The molecule has 0 bridgehead atoms. The maximum atomic E-state index is 13.0. The second kappa shape index (κ2) is 6.52. The first-order valence-corrected chi connectivity index (χ1v) is 8.25. The lowest BCUT2D eigenvalue weighted by Crippen LogP contribution is -2.11. The SMILES string of the molecule is Cc1c(C(=O)OC(C)C)sc2ncnc(Nc3ccc(F)cc3)c12. The first-order chi connectivity index (χ1) is 11.5. The molecule has 0 aliphatic rings. The van der Waals surface area contributed by atoms with Gasteiger partial charge in [0.05, 0.1) is 11.5 Å². The van der Waals surface area contributed by atoms with Crippen molar-refractivity contribution in [3.05, 3.63) is 46.9 Å². The molecular weight excluding hydrogens is 329 g/mol. The molecule has 3 aromatic rings. The van der Waals surface area contributed by atoms with Gasteiger partial charge in [-0.1, -0.05) is 0 Å². The minimum Gasteiger partial charge on any atom is -0.459 e. The Bertz CT molecular complexity index is 891. The topological polar surface area (TPSA) is 64.1 Å². The fourth-order valence-electron chi connectivity index (χ4n) is 2.30. The number of esters is 1. The Morgan fingerprint density at radius 2 is 1.96 bits per heavy atom. The number of hydrogen-bond acceptors (Lipinski definition) is 6. The molecule has 0 unspecified atom stereocenters. The van der Waals surface area contributed by atoms with Crippen LogP contribution in [0.25, 0.3) is 10.2 Å². The molecular formula is C17H16FN3O2S. The van der Waals surface area contributed by atoms with E-state index in [-0.39, 0.29) is 17.9 Å². The summed E-state index contributed by atoms with van der Waals surface area (Å²) in [6, 6.07) is 5.98. The molecule has 0 atom stereocenters. The fourth-order valence-corrected chi connectivity index (χ4v) is 3.33. The number of hydrogen-bond donors (Lipinski definition) is 1. The Balaban J connectivity index is 2.01. The number of carbonyl (C=O) groups excluding carboxylic acids is 1. The standard InChI is InChI=1S/C17H16FN3O2S/c1-9(2)23-17(22)14-10(3)13-15(19-8-20-16(13)24-14)21-12-6-4-11(18)5-7-12/h4-9H,1-3H3,(H,19,20,21). The minimum atomic E-state index is -0.363. The van der Waals surface area contributed by atoms with Crippen LogP contribution in [0.4, 0.5) is 15.9 Å². The number of carbonyl (C=O) groups is 1. The second-order valence-electron chi connectivity index (χ2n) is 5.54. The fraction of sp³-hybridized carbons (Fsp3) is 0.235. The van der Waals surface area contributed by atoms with E-state index in [0.717, 1.165) is 10.9 Å². The predicted octanol–water partition coefficient (Wildman–Crippen LogP) is 4.45. The van der Waals surface area contributed by atoms with Crippen LogP contribution in [-0.2, 0) is 4.74 Å². The van der Waals surface area contributed by atoms with Crippen LogP contribution >= 0.6 is 11.3 Å². The van der Waals surface area contributed by atoms with Gasteiger partial charge in [-0.25, -0.2) is 19.2 Å². The highest BCUT2D eigenvalue weighted by molar-refractivity contribution is 7.20. The van der Waals surface area contributed by atoms with Crippen molar-refractivity contribution in [3.63, 3.8) is 0 Å². The largest absolute Gasteiger partial charge is 0.459 e. The van der Waals surface area contributed by atoms with Crippen LogP contribution in [0, 0.1) is 12.7 Å². The lowest BCUT2D eigenvalue weighted by atomic mass is 10.2. The molecule has 0 amide bonds. The summed E-state index contributed by atoms with van der Waals surface area (Å²) in [7, 11) is 0. The van der Waals surface area contributed by atoms with E-state index < -0.39 is 0 Å². The molecule has 0 aliphatic carbocycles. The Morgan fingerprint density at radius 3 is 2.62 bits per heavy atom. The average molecular weight is 345 g/mol. The molecule has 1 aromatic carbocycles. The van der Waals surface area contributed by atoms with Crippen LogP contribution < -0.4 is 5.32 Å². The van der Waals surface area contributed by atoms with Crippen molar-refractivity contribution < 1.29 is 13.9 Å². The lowest BCUT2D eigenvalue weighted by Gasteiger charge is -2.08. The molecule has 7 heteroatoms. The monoisotopic (exact) mass is 345 g/mol. The molecule has 3 rings (SSSR count). The van der Waals surface area contributed by atoms with Gasteiger partial charge in [0.1, 0.15) is 27.7 Å². The molecule has 0 spiro atoms. The second-order valence-corrected chi connectivity index (χ2v) is 6.54. The van der Waals surface area contributed by atoms with Crippen LogP contribution in [0.15, 0.2) is 30.6 Å². The zero-order valence-electron chi connectivity index (χ0n) is 13.5. The number of aryl methyl sites for hydroxylation is 1. The molecule has 0 radical (unpaired) electrons.